The average molecular weight is 497 g/mol. The monoisotopic (exact) mass is 496 g/mol. The normalized spacial score (nSPS) is 14.4. The van der Waals surface area contributed by atoms with Crippen molar-refractivity contribution < 1.29 is 4.79 Å². The van der Waals surface area contributed by atoms with Crippen LogP contribution in [0.15, 0.2) is 72.8 Å². The van der Waals surface area contributed by atoms with E-state index in [1.54, 1.807) is 0 Å². The minimum Gasteiger partial charge on any atom is -0.340 e. The number of rotatable bonds is 3. The third-order valence-electron chi connectivity index (χ3n) is 6.77. The third-order valence-corrected chi connectivity index (χ3v) is 7.02. The lowest BCUT2D eigenvalue weighted by atomic mass is 10.1. The van der Waals surface area contributed by atoms with Crippen molar-refractivity contribution in [1.82, 2.24) is 24.5 Å². The fourth-order valence-electron chi connectivity index (χ4n) is 4.87. The van der Waals surface area contributed by atoms with Gasteiger partial charge in [0.15, 0.2) is 11.5 Å². The van der Waals surface area contributed by atoms with E-state index in [2.05, 4.69) is 15.1 Å². The molecule has 0 saturated carbocycles. The molecular formula is C28H25ClN6O. The molecule has 8 heteroatoms. The fraction of sp³-hybridized carbons (Fsp3) is 0.214. The SMILES string of the molecule is Cc1ccccc1C(=O)N1CCCN(c2nc3ccccc3c3nnc(-c4ccc(Cl)cc4)n23)CC1. The molecule has 0 bridgehead atoms. The Morgan fingerprint density at radius 3 is 2.47 bits per heavy atom. The van der Waals surface area contributed by atoms with Gasteiger partial charge >= 0.3 is 0 Å². The van der Waals surface area contributed by atoms with Crippen molar-refractivity contribution >= 4 is 40.0 Å². The molecule has 1 aliphatic rings. The Hall–Kier alpha value is -3.97. The summed E-state index contributed by atoms with van der Waals surface area (Å²) in [5, 5.41) is 10.7. The Morgan fingerprint density at radius 2 is 1.64 bits per heavy atom. The molecule has 5 aromatic rings. The molecule has 3 heterocycles. The van der Waals surface area contributed by atoms with E-state index in [4.69, 9.17) is 16.6 Å². The van der Waals surface area contributed by atoms with Crippen LogP contribution in [0, 0.1) is 6.92 Å². The number of aromatic nitrogens is 4. The molecule has 180 valence electrons. The number of carbonyl (C=O) groups excluding carboxylic acids is 1. The smallest absolute Gasteiger partial charge is 0.254 e. The summed E-state index contributed by atoms with van der Waals surface area (Å²) in [6, 6.07) is 23.4. The minimum atomic E-state index is 0.0812. The molecule has 6 rings (SSSR count). The lowest BCUT2D eigenvalue weighted by molar-refractivity contribution is 0.0766. The standard InChI is InChI=1S/C28H25ClN6O/c1-19-7-2-3-8-22(19)27(36)33-15-6-16-34(18-17-33)28-30-24-10-5-4-9-23(24)26-32-31-25(35(26)28)20-11-13-21(29)14-12-20/h2-5,7-14H,6,15-18H2,1H3. The Labute approximate surface area is 214 Å². The first kappa shape index (κ1) is 22.5. The van der Waals surface area contributed by atoms with Crippen LogP contribution in [-0.2, 0) is 0 Å². The number of para-hydroxylation sites is 1. The van der Waals surface area contributed by atoms with Crippen molar-refractivity contribution in [2.45, 2.75) is 13.3 Å². The van der Waals surface area contributed by atoms with Gasteiger partial charge in [0.05, 0.1) is 5.52 Å². The van der Waals surface area contributed by atoms with Crippen LogP contribution < -0.4 is 4.90 Å². The lowest BCUT2D eigenvalue weighted by Crippen LogP contribution is -2.36. The maximum absolute atomic E-state index is 13.3. The summed E-state index contributed by atoms with van der Waals surface area (Å²) in [6.07, 6.45) is 0.839. The van der Waals surface area contributed by atoms with E-state index in [-0.39, 0.29) is 5.91 Å². The van der Waals surface area contributed by atoms with Crippen molar-refractivity contribution in [1.29, 1.82) is 0 Å². The van der Waals surface area contributed by atoms with E-state index < -0.39 is 0 Å². The summed E-state index contributed by atoms with van der Waals surface area (Å²) in [5.41, 5.74) is 4.31. The Balaban J connectivity index is 1.40. The van der Waals surface area contributed by atoms with Gasteiger partial charge in [0.25, 0.3) is 5.91 Å². The van der Waals surface area contributed by atoms with E-state index in [1.165, 1.54) is 0 Å². The number of carbonyl (C=O) groups is 1. The number of anilines is 1. The van der Waals surface area contributed by atoms with Crippen molar-refractivity contribution in [3.05, 3.63) is 88.9 Å². The zero-order chi connectivity index (χ0) is 24.6. The molecule has 0 N–H and O–H groups in total. The topological polar surface area (TPSA) is 66.6 Å². The van der Waals surface area contributed by atoms with Crippen LogP contribution >= 0.6 is 11.6 Å². The van der Waals surface area contributed by atoms with Gasteiger partial charge in [0.2, 0.25) is 5.95 Å². The van der Waals surface area contributed by atoms with Gasteiger partial charge in [-0.25, -0.2) is 9.38 Å². The molecule has 3 aromatic carbocycles. The quantitative estimate of drug-likeness (QED) is 0.341. The van der Waals surface area contributed by atoms with Crippen LogP contribution in [0.4, 0.5) is 5.95 Å². The first-order valence-corrected chi connectivity index (χ1v) is 12.5. The molecule has 1 amide bonds. The summed E-state index contributed by atoms with van der Waals surface area (Å²) in [5.74, 6) is 1.58. The summed E-state index contributed by atoms with van der Waals surface area (Å²) in [6.45, 7) is 4.73. The van der Waals surface area contributed by atoms with Crippen LogP contribution in [-0.4, -0.2) is 56.6 Å². The number of fused-ring (bicyclic) bond motifs is 3. The van der Waals surface area contributed by atoms with Crippen LogP contribution in [0.1, 0.15) is 22.3 Å². The summed E-state index contributed by atoms with van der Waals surface area (Å²) < 4.78 is 2.03. The van der Waals surface area contributed by atoms with Gasteiger partial charge in [-0.3, -0.25) is 4.79 Å². The number of benzene rings is 3. The molecule has 2 aromatic heterocycles. The number of hydrogen-bond donors (Lipinski definition) is 0. The number of nitrogens with zero attached hydrogens (tertiary/aromatic N) is 6. The summed E-state index contributed by atoms with van der Waals surface area (Å²) >= 11 is 6.14. The molecule has 0 unspecified atom stereocenters. The molecule has 7 nitrogen and oxygen atoms in total. The number of amides is 1. The highest BCUT2D eigenvalue weighted by Crippen LogP contribution is 2.29. The maximum atomic E-state index is 13.3. The average Bonchev–Trinajstić information content (AvgIpc) is 3.20. The van der Waals surface area contributed by atoms with E-state index >= 15 is 0 Å². The molecule has 0 aliphatic carbocycles. The highest BCUT2D eigenvalue weighted by Gasteiger charge is 2.25. The second kappa shape index (κ2) is 9.24. The van der Waals surface area contributed by atoms with Crippen LogP contribution in [0.25, 0.3) is 27.9 Å². The van der Waals surface area contributed by atoms with Gasteiger partial charge in [-0.1, -0.05) is 41.9 Å². The first-order chi connectivity index (χ1) is 17.6. The number of hydrogen-bond acceptors (Lipinski definition) is 5. The minimum absolute atomic E-state index is 0.0812. The molecule has 36 heavy (non-hydrogen) atoms. The first-order valence-electron chi connectivity index (χ1n) is 12.1. The van der Waals surface area contributed by atoms with Crippen molar-refractivity contribution in [3.63, 3.8) is 0 Å². The van der Waals surface area contributed by atoms with E-state index in [0.29, 0.717) is 30.5 Å². The van der Waals surface area contributed by atoms with Crippen molar-refractivity contribution in [3.8, 4) is 11.4 Å². The van der Waals surface area contributed by atoms with Gasteiger partial charge in [-0.15, -0.1) is 10.2 Å². The molecule has 0 radical (unpaired) electrons. The Morgan fingerprint density at radius 1 is 0.861 bits per heavy atom. The highest BCUT2D eigenvalue weighted by atomic mass is 35.5. The zero-order valence-corrected chi connectivity index (χ0v) is 20.7. The van der Waals surface area contributed by atoms with Gasteiger partial charge in [-0.05, 0) is 61.4 Å². The van der Waals surface area contributed by atoms with Crippen LogP contribution in [0.2, 0.25) is 5.02 Å². The van der Waals surface area contributed by atoms with Crippen LogP contribution in [0.3, 0.4) is 0 Å². The van der Waals surface area contributed by atoms with Crippen molar-refractivity contribution in [2.75, 3.05) is 31.1 Å². The van der Waals surface area contributed by atoms with Gasteiger partial charge in [0.1, 0.15) is 0 Å². The van der Waals surface area contributed by atoms with E-state index in [9.17, 15) is 4.79 Å². The summed E-state index contributed by atoms with van der Waals surface area (Å²) in [7, 11) is 0. The predicted molar refractivity (Wildman–Crippen MR) is 143 cm³/mol. The molecule has 0 spiro atoms. The van der Waals surface area contributed by atoms with Gasteiger partial charge in [0, 0.05) is 47.7 Å². The number of halogens is 1. The Kier molecular flexibility index (Phi) is 5.77. The van der Waals surface area contributed by atoms with E-state index in [1.807, 2.05) is 89.0 Å². The van der Waals surface area contributed by atoms with Crippen molar-refractivity contribution in [2.24, 2.45) is 0 Å². The third kappa shape index (κ3) is 3.95. The largest absolute Gasteiger partial charge is 0.340 e. The second-order valence-corrected chi connectivity index (χ2v) is 9.50. The molecule has 0 atom stereocenters. The second-order valence-electron chi connectivity index (χ2n) is 9.07. The predicted octanol–water partition coefficient (Wildman–Crippen LogP) is 5.26. The Bertz CT molecular complexity index is 1580. The highest BCUT2D eigenvalue weighted by molar-refractivity contribution is 6.30. The molecule has 1 saturated heterocycles. The molecule has 1 aliphatic heterocycles. The van der Waals surface area contributed by atoms with Gasteiger partial charge in [-0.2, -0.15) is 0 Å². The summed E-state index contributed by atoms with van der Waals surface area (Å²) in [4.78, 5) is 22.5. The zero-order valence-electron chi connectivity index (χ0n) is 19.9. The number of aryl methyl sites for hydroxylation is 1. The molecular weight excluding hydrogens is 472 g/mol. The van der Waals surface area contributed by atoms with E-state index in [0.717, 1.165) is 52.2 Å². The van der Waals surface area contributed by atoms with Gasteiger partial charge < -0.3 is 9.80 Å². The molecule has 1 fully saturated rings. The maximum Gasteiger partial charge on any atom is 0.254 e. The van der Waals surface area contributed by atoms with Crippen LogP contribution in [0.5, 0.6) is 0 Å². The fourth-order valence-corrected chi connectivity index (χ4v) is 4.99. The lowest BCUT2D eigenvalue weighted by Gasteiger charge is -2.24.